The molecule has 1 unspecified atom stereocenters. The summed E-state index contributed by atoms with van der Waals surface area (Å²) in [6.45, 7) is 3.34. The zero-order chi connectivity index (χ0) is 23.3. The van der Waals surface area contributed by atoms with E-state index >= 15 is 0 Å². The van der Waals surface area contributed by atoms with E-state index in [0.29, 0.717) is 0 Å². The average molecular weight is 464 g/mol. The van der Waals surface area contributed by atoms with Crippen molar-refractivity contribution in [2.24, 2.45) is 0 Å². The van der Waals surface area contributed by atoms with Gasteiger partial charge in [-0.2, -0.15) is 0 Å². The molecule has 0 N–H and O–H groups in total. The molecular formula is C32H33NS. The smallest absolute Gasteiger partial charge is 0.0986 e. The second-order valence-corrected chi connectivity index (χ2v) is 10.4. The van der Waals surface area contributed by atoms with Crippen molar-refractivity contribution in [2.75, 3.05) is 12.3 Å². The van der Waals surface area contributed by atoms with Gasteiger partial charge in [-0.1, -0.05) is 141 Å². The molecule has 1 fully saturated rings. The Morgan fingerprint density at radius 3 is 1.56 bits per heavy atom. The highest BCUT2D eigenvalue weighted by molar-refractivity contribution is 8.00. The molecule has 34 heavy (non-hydrogen) atoms. The van der Waals surface area contributed by atoms with E-state index in [0.717, 1.165) is 18.7 Å². The maximum absolute atomic E-state index is 2.83. The highest BCUT2D eigenvalue weighted by Gasteiger charge is 2.54. The van der Waals surface area contributed by atoms with E-state index in [1.165, 1.54) is 35.1 Å². The van der Waals surface area contributed by atoms with Crippen molar-refractivity contribution in [2.45, 2.75) is 36.6 Å². The maximum atomic E-state index is 2.83. The molecule has 1 aliphatic heterocycles. The SMILES string of the molecule is CCCCC1(c2ccccc2)SCCN1C(c1ccccc1)(c1ccccc1)c1ccccc1. The Balaban J connectivity index is 1.85. The Hall–Kier alpha value is -2.81. The third-order valence-electron chi connectivity index (χ3n) is 7.17. The van der Waals surface area contributed by atoms with E-state index in [9.17, 15) is 0 Å². The summed E-state index contributed by atoms with van der Waals surface area (Å²) in [5.74, 6) is 1.12. The van der Waals surface area contributed by atoms with Gasteiger partial charge in [0.15, 0.2) is 0 Å². The molecule has 5 rings (SSSR count). The van der Waals surface area contributed by atoms with Gasteiger partial charge in [-0.05, 0) is 28.7 Å². The summed E-state index contributed by atoms with van der Waals surface area (Å²) in [5, 5.41) is 0. The van der Waals surface area contributed by atoms with Crippen molar-refractivity contribution in [3.05, 3.63) is 144 Å². The van der Waals surface area contributed by atoms with Crippen LogP contribution in [0, 0.1) is 0 Å². The van der Waals surface area contributed by atoms with Crippen molar-refractivity contribution in [1.29, 1.82) is 0 Å². The van der Waals surface area contributed by atoms with Crippen LogP contribution in [0.2, 0.25) is 0 Å². The van der Waals surface area contributed by atoms with Gasteiger partial charge in [-0.3, -0.25) is 4.90 Å². The molecule has 4 aromatic carbocycles. The lowest BCUT2D eigenvalue weighted by Gasteiger charge is -2.52. The zero-order valence-electron chi connectivity index (χ0n) is 19.9. The minimum Gasteiger partial charge on any atom is -0.267 e. The number of unbranched alkanes of at least 4 members (excludes halogenated alkanes) is 1. The predicted octanol–water partition coefficient (Wildman–Crippen LogP) is 8.07. The summed E-state index contributed by atoms with van der Waals surface area (Å²) < 4.78 is 0. The largest absolute Gasteiger partial charge is 0.267 e. The molecule has 1 heterocycles. The van der Waals surface area contributed by atoms with E-state index in [1.807, 2.05) is 0 Å². The van der Waals surface area contributed by atoms with Crippen LogP contribution >= 0.6 is 11.8 Å². The molecule has 172 valence electrons. The molecule has 0 bridgehead atoms. The molecule has 1 saturated heterocycles. The summed E-state index contributed by atoms with van der Waals surface area (Å²) in [4.78, 5) is 2.73. The van der Waals surface area contributed by atoms with E-state index in [-0.39, 0.29) is 4.87 Å². The minimum atomic E-state index is -0.392. The van der Waals surface area contributed by atoms with E-state index in [4.69, 9.17) is 0 Å². The standard InChI is InChI=1S/C32H33NS/c1-2-3-24-31(27-16-8-4-9-17-27)33(25-26-34-31)32(28-18-10-5-11-19-28,29-20-12-6-13-21-29)30-22-14-7-15-23-30/h4-23H,2-3,24-26H2,1H3. The third-order valence-corrected chi connectivity index (χ3v) is 8.69. The fraction of sp³-hybridized carbons (Fsp3) is 0.250. The van der Waals surface area contributed by atoms with Gasteiger partial charge >= 0.3 is 0 Å². The van der Waals surface area contributed by atoms with Gasteiger partial charge in [0.25, 0.3) is 0 Å². The molecule has 1 aliphatic rings. The third kappa shape index (κ3) is 3.89. The van der Waals surface area contributed by atoms with Gasteiger partial charge in [0.1, 0.15) is 0 Å². The molecule has 0 radical (unpaired) electrons. The molecule has 0 amide bonds. The molecule has 0 spiro atoms. The van der Waals surface area contributed by atoms with Crippen LogP contribution in [0.4, 0.5) is 0 Å². The second-order valence-electron chi connectivity index (χ2n) is 9.06. The number of nitrogens with zero attached hydrogens (tertiary/aromatic N) is 1. The zero-order valence-corrected chi connectivity index (χ0v) is 20.8. The Labute approximate surface area is 208 Å². The average Bonchev–Trinajstić information content (AvgIpc) is 3.36. The van der Waals surface area contributed by atoms with Crippen LogP contribution in [-0.4, -0.2) is 17.2 Å². The van der Waals surface area contributed by atoms with Gasteiger partial charge in [-0.15, -0.1) is 11.8 Å². The summed E-state index contributed by atoms with van der Waals surface area (Å²) in [7, 11) is 0. The van der Waals surface area contributed by atoms with Crippen molar-refractivity contribution in [3.8, 4) is 0 Å². The highest BCUT2D eigenvalue weighted by atomic mass is 32.2. The summed E-state index contributed by atoms with van der Waals surface area (Å²) in [6, 6.07) is 44.7. The van der Waals surface area contributed by atoms with Crippen LogP contribution in [0.5, 0.6) is 0 Å². The van der Waals surface area contributed by atoms with Crippen molar-refractivity contribution in [1.82, 2.24) is 4.90 Å². The van der Waals surface area contributed by atoms with E-state index in [2.05, 4.69) is 145 Å². The highest BCUT2D eigenvalue weighted by Crippen LogP contribution is 2.57. The maximum Gasteiger partial charge on any atom is 0.0986 e. The molecule has 1 atom stereocenters. The fourth-order valence-corrected chi connectivity index (χ4v) is 7.30. The lowest BCUT2D eigenvalue weighted by Crippen LogP contribution is -2.54. The monoisotopic (exact) mass is 463 g/mol. The first-order valence-corrected chi connectivity index (χ1v) is 13.4. The molecule has 1 nitrogen and oxygen atoms in total. The van der Waals surface area contributed by atoms with Gasteiger partial charge in [0.05, 0.1) is 10.4 Å². The molecule has 0 aromatic heterocycles. The van der Waals surface area contributed by atoms with Gasteiger partial charge in [-0.25, -0.2) is 0 Å². The van der Waals surface area contributed by atoms with Crippen molar-refractivity contribution in [3.63, 3.8) is 0 Å². The second kappa shape index (κ2) is 10.2. The quantitative estimate of drug-likeness (QED) is 0.243. The number of hydrogen-bond donors (Lipinski definition) is 0. The van der Waals surface area contributed by atoms with Crippen molar-refractivity contribution >= 4 is 11.8 Å². The van der Waals surface area contributed by atoms with E-state index in [1.54, 1.807) is 0 Å². The summed E-state index contributed by atoms with van der Waals surface area (Å²) in [5.41, 5.74) is 5.00. The molecule has 0 saturated carbocycles. The van der Waals surface area contributed by atoms with E-state index < -0.39 is 5.54 Å². The topological polar surface area (TPSA) is 3.24 Å². The van der Waals surface area contributed by atoms with Gasteiger partial charge < -0.3 is 0 Å². The molecule has 2 heteroatoms. The summed E-state index contributed by atoms with van der Waals surface area (Å²) >= 11 is 2.13. The molecular weight excluding hydrogens is 430 g/mol. The van der Waals surface area contributed by atoms with Crippen molar-refractivity contribution < 1.29 is 0 Å². The van der Waals surface area contributed by atoms with Crippen LogP contribution in [0.25, 0.3) is 0 Å². The van der Waals surface area contributed by atoms with Crippen LogP contribution in [0.1, 0.15) is 48.4 Å². The first-order chi connectivity index (χ1) is 16.8. The Kier molecular flexibility index (Phi) is 6.89. The van der Waals surface area contributed by atoms with Gasteiger partial charge in [0.2, 0.25) is 0 Å². The van der Waals surface area contributed by atoms with Gasteiger partial charge in [0, 0.05) is 12.3 Å². The van der Waals surface area contributed by atoms with Crippen LogP contribution in [-0.2, 0) is 10.4 Å². The fourth-order valence-electron chi connectivity index (χ4n) is 5.71. The first kappa shape index (κ1) is 23.0. The lowest BCUT2D eigenvalue weighted by molar-refractivity contribution is 0.0861. The van der Waals surface area contributed by atoms with Crippen LogP contribution < -0.4 is 0 Å². The minimum absolute atomic E-state index is 0.0984. The Morgan fingerprint density at radius 1 is 0.676 bits per heavy atom. The number of thioether (sulfide) groups is 1. The normalized spacial score (nSPS) is 18.7. The predicted molar refractivity (Wildman–Crippen MR) is 146 cm³/mol. The lowest BCUT2D eigenvalue weighted by atomic mass is 9.74. The number of hydrogen-bond acceptors (Lipinski definition) is 2. The molecule has 4 aromatic rings. The number of rotatable bonds is 8. The number of benzene rings is 4. The Morgan fingerprint density at radius 2 is 1.12 bits per heavy atom. The molecule has 0 aliphatic carbocycles. The van der Waals surface area contributed by atoms with Crippen LogP contribution in [0.3, 0.4) is 0 Å². The van der Waals surface area contributed by atoms with Crippen LogP contribution in [0.15, 0.2) is 121 Å². The Bertz CT molecular complexity index is 1060. The summed E-state index contributed by atoms with van der Waals surface area (Å²) in [6.07, 6.45) is 3.53. The first-order valence-electron chi connectivity index (χ1n) is 12.5.